The number of anilines is 3. The molecule has 0 spiro atoms. The summed E-state index contributed by atoms with van der Waals surface area (Å²) in [5, 5.41) is 2.52. The Kier molecular flexibility index (Phi) is 8.27. The maximum Gasteiger partial charge on any atom is 0.128 e. The van der Waals surface area contributed by atoms with E-state index in [1.807, 2.05) is 0 Å². The molecule has 0 fully saturated rings. The highest BCUT2D eigenvalue weighted by atomic mass is 16.5. The van der Waals surface area contributed by atoms with E-state index in [4.69, 9.17) is 4.74 Å². The number of nitrogens with zero attached hydrogens (tertiary/aromatic N) is 1. The largest absolute Gasteiger partial charge is 0.488 e. The second-order valence-electron chi connectivity index (χ2n) is 18.3. The second kappa shape index (κ2) is 14.3. The van der Waals surface area contributed by atoms with Crippen LogP contribution in [-0.2, 0) is 17.4 Å². The maximum absolute atomic E-state index is 6.62. The minimum Gasteiger partial charge on any atom is -0.488 e. The van der Waals surface area contributed by atoms with Crippen LogP contribution in [0.25, 0.3) is 55.3 Å². The van der Waals surface area contributed by atoms with E-state index >= 15 is 0 Å². The van der Waals surface area contributed by atoms with Crippen LogP contribution in [0, 0.1) is 0 Å². The lowest BCUT2D eigenvalue weighted by molar-refractivity contribution is 0.302. The third-order valence-electron chi connectivity index (χ3n) is 14.6. The van der Waals surface area contributed by atoms with Gasteiger partial charge in [0, 0.05) is 28.0 Å². The van der Waals surface area contributed by atoms with Gasteiger partial charge in [-0.15, -0.1) is 0 Å². The third-order valence-corrected chi connectivity index (χ3v) is 14.6. The van der Waals surface area contributed by atoms with Crippen LogP contribution in [0.15, 0.2) is 224 Å². The van der Waals surface area contributed by atoms with Crippen molar-refractivity contribution in [3.63, 3.8) is 0 Å². The molecule has 0 unspecified atom stereocenters. The van der Waals surface area contributed by atoms with E-state index < -0.39 is 5.41 Å². The van der Waals surface area contributed by atoms with Gasteiger partial charge in [0.25, 0.3) is 0 Å². The summed E-state index contributed by atoms with van der Waals surface area (Å²) in [7, 11) is 0. The van der Waals surface area contributed by atoms with Gasteiger partial charge in [0.2, 0.25) is 0 Å². The maximum atomic E-state index is 6.62. The normalized spacial score (nSPS) is 14.3. The highest BCUT2D eigenvalue weighted by molar-refractivity contribution is 6.01. The minimum atomic E-state index is -0.585. The Bertz CT molecular complexity index is 3480. The lowest BCUT2D eigenvalue weighted by Crippen LogP contribution is -2.29. The van der Waals surface area contributed by atoms with Crippen LogP contribution >= 0.6 is 0 Å². The number of ether oxygens (including phenoxy) is 1. The van der Waals surface area contributed by atoms with Gasteiger partial charge in [-0.05, 0) is 131 Å². The fraction of sp³-hybridized carbons (Fsp3) is 0.0794. The number of hydrogen-bond acceptors (Lipinski definition) is 2. The van der Waals surface area contributed by atoms with Crippen LogP contribution in [-0.4, -0.2) is 0 Å². The molecule has 65 heavy (non-hydrogen) atoms. The molecule has 0 radical (unpaired) electrons. The lowest BCUT2D eigenvalue weighted by atomic mass is 9.66. The Morgan fingerprint density at radius 2 is 0.969 bits per heavy atom. The first-order valence-electron chi connectivity index (χ1n) is 22.8. The van der Waals surface area contributed by atoms with Gasteiger partial charge in [0.1, 0.15) is 12.4 Å². The number of hydrogen-bond donors (Lipinski definition) is 0. The Balaban J connectivity index is 1.07. The quantitative estimate of drug-likeness (QED) is 0.165. The summed E-state index contributed by atoms with van der Waals surface area (Å²) in [6.45, 7) is 5.23. The van der Waals surface area contributed by atoms with Gasteiger partial charge in [-0.2, -0.15) is 0 Å². The van der Waals surface area contributed by atoms with Gasteiger partial charge in [0.05, 0.1) is 5.41 Å². The molecule has 10 aromatic rings. The van der Waals surface area contributed by atoms with Crippen LogP contribution in [0.4, 0.5) is 17.1 Å². The molecule has 1 heterocycles. The molecular formula is C63H45NO. The zero-order chi connectivity index (χ0) is 43.3. The average Bonchev–Trinajstić information content (AvgIpc) is 3.80. The Morgan fingerprint density at radius 1 is 0.415 bits per heavy atom. The van der Waals surface area contributed by atoms with Crippen molar-refractivity contribution < 1.29 is 4.74 Å². The van der Waals surface area contributed by atoms with E-state index in [1.54, 1.807) is 0 Å². The zero-order valence-electron chi connectivity index (χ0n) is 36.4. The molecular weight excluding hydrogens is 787 g/mol. The number of fused-ring (bicyclic) bond motifs is 11. The van der Waals surface area contributed by atoms with Crippen LogP contribution < -0.4 is 9.64 Å². The molecule has 1 aliphatic heterocycles. The summed E-state index contributed by atoms with van der Waals surface area (Å²) in [6, 6.07) is 83.3. The second-order valence-corrected chi connectivity index (χ2v) is 18.3. The summed E-state index contributed by atoms with van der Waals surface area (Å²) < 4.78 is 6.62. The van der Waals surface area contributed by atoms with E-state index in [0.717, 1.165) is 28.4 Å². The average molecular weight is 832 g/mol. The molecule has 0 N–H and O–H groups in total. The molecule has 0 saturated carbocycles. The molecule has 0 atom stereocenters. The molecule has 2 heteroatoms. The molecule has 3 aliphatic rings. The minimum absolute atomic E-state index is 0.161. The van der Waals surface area contributed by atoms with Crippen molar-refractivity contribution in [3.8, 4) is 50.3 Å². The van der Waals surface area contributed by atoms with Gasteiger partial charge in [-0.1, -0.05) is 196 Å². The highest BCUT2D eigenvalue weighted by Gasteiger charge is 2.47. The summed E-state index contributed by atoms with van der Waals surface area (Å²) in [6.07, 6.45) is 0. The van der Waals surface area contributed by atoms with Crippen molar-refractivity contribution in [2.75, 3.05) is 4.90 Å². The molecule has 2 aliphatic carbocycles. The van der Waals surface area contributed by atoms with Crippen LogP contribution in [0.3, 0.4) is 0 Å². The fourth-order valence-electron chi connectivity index (χ4n) is 11.7. The van der Waals surface area contributed by atoms with Gasteiger partial charge < -0.3 is 9.64 Å². The fourth-order valence-corrected chi connectivity index (χ4v) is 11.7. The van der Waals surface area contributed by atoms with E-state index in [2.05, 4.69) is 243 Å². The summed E-state index contributed by atoms with van der Waals surface area (Å²) in [4.78, 5) is 2.49. The molecule has 0 amide bonds. The van der Waals surface area contributed by atoms with Gasteiger partial charge >= 0.3 is 0 Å². The predicted molar refractivity (Wildman–Crippen MR) is 269 cm³/mol. The first-order chi connectivity index (χ1) is 32.0. The Hall–Kier alpha value is -7.94. The number of rotatable bonds is 6. The van der Waals surface area contributed by atoms with Crippen molar-refractivity contribution in [1.82, 2.24) is 0 Å². The smallest absolute Gasteiger partial charge is 0.128 e. The Morgan fingerprint density at radius 3 is 1.71 bits per heavy atom. The summed E-state index contributed by atoms with van der Waals surface area (Å²) in [5.74, 6) is 0.924. The predicted octanol–water partition coefficient (Wildman–Crippen LogP) is 16.2. The summed E-state index contributed by atoms with van der Waals surface area (Å²) in [5.41, 5.74) is 21.5. The van der Waals surface area contributed by atoms with Crippen LogP contribution in [0.5, 0.6) is 5.75 Å². The van der Waals surface area contributed by atoms with Crippen molar-refractivity contribution in [1.29, 1.82) is 0 Å². The molecule has 13 rings (SSSR count). The van der Waals surface area contributed by atoms with E-state index in [1.165, 1.54) is 88.7 Å². The number of benzene rings is 10. The van der Waals surface area contributed by atoms with E-state index in [-0.39, 0.29) is 5.41 Å². The van der Waals surface area contributed by atoms with Crippen LogP contribution in [0.2, 0.25) is 0 Å². The molecule has 0 bridgehead atoms. The van der Waals surface area contributed by atoms with Crippen LogP contribution in [0.1, 0.15) is 52.8 Å². The van der Waals surface area contributed by atoms with Gasteiger partial charge in [-0.3, -0.25) is 0 Å². The van der Waals surface area contributed by atoms with Crippen molar-refractivity contribution in [2.24, 2.45) is 0 Å². The molecule has 308 valence electrons. The van der Waals surface area contributed by atoms with Crippen molar-refractivity contribution in [2.45, 2.75) is 31.3 Å². The van der Waals surface area contributed by atoms with Crippen molar-refractivity contribution >= 4 is 27.8 Å². The topological polar surface area (TPSA) is 12.5 Å². The van der Waals surface area contributed by atoms with Gasteiger partial charge in [0.15, 0.2) is 0 Å². The SMILES string of the molecule is CC1(C)c2ccccc2-c2ccc(N(c3ccc4c(c3)COc3cccc(-c5ccccc5)c3-4)c3ccc4c(c3)C(c3ccccc3)(c3ccccc3)c3c-4ccc4ccccc34)cc21. The molecule has 0 saturated heterocycles. The van der Waals surface area contributed by atoms with E-state index in [0.29, 0.717) is 6.61 Å². The molecule has 2 nitrogen and oxygen atoms in total. The molecule has 0 aromatic heterocycles. The Labute approximate surface area is 380 Å². The first-order valence-corrected chi connectivity index (χ1v) is 22.8. The lowest BCUT2D eigenvalue weighted by Gasteiger charge is -2.36. The standard InChI is InChI=1S/C63H45NO/c1-62(2)56-27-15-14-25-52(56)53-35-31-47(38-57(53)62)64(46-30-34-50-43(37-46)40-65-59-28-16-26-49(60(50)59)41-17-6-3-7-18-41)48-32-36-54-55-33-29-42-19-12-13-24-51(42)61(55)63(58(54)39-48,44-20-8-4-9-21-44)45-22-10-5-11-23-45/h3-39H,40H2,1-2H3. The molecule has 10 aromatic carbocycles. The van der Waals surface area contributed by atoms with Gasteiger partial charge in [-0.25, -0.2) is 0 Å². The van der Waals surface area contributed by atoms with E-state index in [9.17, 15) is 0 Å². The first kappa shape index (κ1) is 37.6. The summed E-state index contributed by atoms with van der Waals surface area (Å²) >= 11 is 0. The monoisotopic (exact) mass is 831 g/mol. The van der Waals surface area contributed by atoms with Crippen molar-refractivity contribution in [3.05, 3.63) is 263 Å². The third kappa shape index (κ3) is 5.47. The highest BCUT2D eigenvalue weighted by Crippen LogP contribution is 2.60. The zero-order valence-corrected chi connectivity index (χ0v) is 36.4.